The maximum absolute atomic E-state index is 13.3. The van der Waals surface area contributed by atoms with Crippen molar-refractivity contribution in [1.29, 1.82) is 0 Å². The molecule has 94 valence electrons. The van der Waals surface area contributed by atoms with Gasteiger partial charge in [0.1, 0.15) is 11.6 Å². The second-order valence-corrected chi connectivity index (χ2v) is 4.76. The summed E-state index contributed by atoms with van der Waals surface area (Å²) in [6.07, 6.45) is 4.43. The molecule has 0 bridgehead atoms. The number of benzene rings is 1. The van der Waals surface area contributed by atoms with Gasteiger partial charge in [-0.05, 0) is 43.4 Å². The van der Waals surface area contributed by atoms with Crippen LogP contribution in [0, 0.1) is 5.82 Å². The minimum atomic E-state index is -0.268. The molecule has 0 aliphatic heterocycles. The van der Waals surface area contributed by atoms with Gasteiger partial charge in [-0.1, -0.05) is 12.8 Å². The molecule has 2 rings (SSSR count). The summed E-state index contributed by atoms with van der Waals surface area (Å²) in [7, 11) is 1.60. The summed E-state index contributed by atoms with van der Waals surface area (Å²) in [5, 5.41) is 9.82. The van der Waals surface area contributed by atoms with Crippen LogP contribution in [-0.4, -0.2) is 18.3 Å². The van der Waals surface area contributed by atoms with E-state index in [1.165, 1.54) is 6.07 Å². The van der Waals surface area contributed by atoms with Crippen LogP contribution < -0.4 is 4.74 Å². The Morgan fingerprint density at radius 2 is 2.06 bits per heavy atom. The lowest BCUT2D eigenvalue weighted by Gasteiger charge is -2.19. The van der Waals surface area contributed by atoms with Crippen molar-refractivity contribution in [2.45, 2.75) is 44.1 Å². The van der Waals surface area contributed by atoms with Crippen molar-refractivity contribution in [1.82, 2.24) is 0 Å². The summed E-state index contributed by atoms with van der Waals surface area (Å²) in [6.45, 7) is 0. The van der Waals surface area contributed by atoms with Crippen LogP contribution in [0.25, 0.3) is 0 Å². The summed E-state index contributed by atoms with van der Waals surface area (Å²) >= 11 is 0. The lowest BCUT2D eigenvalue weighted by molar-refractivity contribution is 0.151. The quantitative estimate of drug-likeness (QED) is 0.801. The van der Waals surface area contributed by atoms with E-state index >= 15 is 0 Å². The predicted molar refractivity (Wildman–Crippen MR) is 64.8 cm³/mol. The van der Waals surface area contributed by atoms with Crippen LogP contribution in [0.2, 0.25) is 0 Å². The summed E-state index contributed by atoms with van der Waals surface area (Å²) in [5.41, 5.74) is 0.897. The van der Waals surface area contributed by atoms with E-state index in [9.17, 15) is 9.50 Å². The topological polar surface area (TPSA) is 29.5 Å². The monoisotopic (exact) mass is 238 g/mol. The van der Waals surface area contributed by atoms with E-state index in [0.29, 0.717) is 6.42 Å². The van der Waals surface area contributed by atoms with Crippen LogP contribution in [0.5, 0.6) is 5.75 Å². The lowest BCUT2D eigenvalue weighted by Crippen LogP contribution is -2.10. The van der Waals surface area contributed by atoms with Crippen molar-refractivity contribution in [2.75, 3.05) is 7.11 Å². The molecule has 1 saturated carbocycles. The number of ether oxygens (including phenoxy) is 1. The molecule has 0 spiro atoms. The standard InChI is InChI=1S/C14H19FO2/c1-17-14-7-6-11(15)9-13(14)10-4-2-3-5-12(16)8-10/h6-7,9-10,12,16H,2-5,8H2,1H3. The number of hydrogen-bond donors (Lipinski definition) is 1. The maximum Gasteiger partial charge on any atom is 0.123 e. The van der Waals surface area contributed by atoms with Gasteiger partial charge in [0.15, 0.2) is 0 Å². The zero-order valence-corrected chi connectivity index (χ0v) is 10.2. The average molecular weight is 238 g/mol. The van der Waals surface area contributed by atoms with Crippen LogP contribution in [0.4, 0.5) is 4.39 Å². The van der Waals surface area contributed by atoms with Crippen molar-refractivity contribution in [3.63, 3.8) is 0 Å². The van der Waals surface area contributed by atoms with Crippen molar-refractivity contribution in [2.24, 2.45) is 0 Å². The van der Waals surface area contributed by atoms with Gasteiger partial charge in [0.25, 0.3) is 0 Å². The molecule has 0 heterocycles. The Morgan fingerprint density at radius 3 is 2.82 bits per heavy atom. The highest BCUT2D eigenvalue weighted by Crippen LogP contribution is 2.36. The number of aliphatic hydroxyl groups is 1. The van der Waals surface area contributed by atoms with E-state index in [4.69, 9.17) is 4.74 Å². The maximum atomic E-state index is 13.3. The van der Waals surface area contributed by atoms with E-state index in [2.05, 4.69) is 0 Å². The zero-order chi connectivity index (χ0) is 12.3. The van der Waals surface area contributed by atoms with Gasteiger partial charge in [-0.25, -0.2) is 4.39 Å². The van der Waals surface area contributed by atoms with Crippen molar-refractivity contribution >= 4 is 0 Å². The molecule has 0 amide bonds. The third-order valence-corrected chi connectivity index (χ3v) is 3.53. The van der Waals surface area contributed by atoms with Crippen LogP contribution in [0.3, 0.4) is 0 Å². The molecule has 2 unspecified atom stereocenters. The van der Waals surface area contributed by atoms with Gasteiger partial charge in [0.05, 0.1) is 13.2 Å². The summed E-state index contributed by atoms with van der Waals surface area (Å²) in [4.78, 5) is 0. The third kappa shape index (κ3) is 2.97. The number of halogens is 1. The van der Waals surface area contributed by atoms with E-state index < -0.39 is 0 Å². The van der Waals surface area contributed by atoms with Crippen LogP contribution in [-0.2, 0) is 0 Å². The molecular formula is C14H19FO2. The van der Waals surface area contributed by atoms with Crippen LogP contribution in [0.15, 0.2) is 18.2 Å². The molecule has 0 aromatic heterocycles. The minimum Gasteiger partial charge on any atom is -0.496 e. The Kier molecular flexibility index (Phi) is 4.00. The van der Waals surface area contributed by atoms with E-state index in [0.717, 1.165) is 37.0 Å². The third-order valence-electron chi connectivity index (χ3n) is 3.53. The molecule has 0 saturated heterocycles. The predicted octanol–water partition coefficient (Wildman–Crippen LogP) is 3.24. The fourth-order valence-electron chi connectivity index (χ4n) is 2.64. The molecule has 1 aliphatic carbocycles. The van der Waals surface area contributed by atoms with Crippen molar-refractivity contribution in [3.05, 3.63) is 29.6 Å². The van der Waals surface area contributed by atoms with Crippen LogP contribution >= 0.6 is 0 Å². The molecule has 17 heavy (non-hydrogen) atoms. The first-order valence-corrected chi connectivity index (χ1v) is 6.22. The molecule has 2 atom stereocenters. The SMILES string of the molecule is COc1ccc(F)cc1C1CCCCC(O)C1. The Labute approximate surface area is 101 Å². The van der Waals surface area contributed by atoms with E-state index in [1.807, 2.05) is 0 Å². The molecule has 3 heteroatoms. The Balaban J connectivity index is 2.27. The van der Waals surface area contributed by atoms with Gasteiger partial charge in [0, 0.05) is 5.56 Å². The highest BCUT2D eigenvalue weighted by Gasteiger charge is 2.22. The van der Waals surface area contributed by atoms with Gasteiger partial charge >= 0.3 is 0 Å². The van der Waals surface area contributed by atoms with Crippen molar-refractivity contribution in [3.8, 4) is 5.75 Å². The zero-order valence-electron chi connectivity index (χ0n) is 10.2. The second-order valence-electron chi connectivity index (χ2n) is 4.76. The molecule has 1 N–H and O–H groups in total. The van der Waals surface area contributed by atoms with Crippen LogP contribution in [0.1, 0.15) is 43.6 Å². The second kappa shape index (κ2) is 5.50. The minimum absolute atomic E-state index is 0.207. The summed E-state index contributed by atoms with van der Waals surface area (Å²) in [6, 6.07) is 4.62. The highest BCUT2D eigenvalue weighted by molar-refractivity contribution is 5.37. The Morgan fingerprint density at radius 1 is 1.29 bits per heavy atom. The molecule has 2 nitrogen and oxygen atoms in total. The van der Waals surface area contributed by atoms with Gasteiger partial charge in [0.2, 0.25) is 0 Å². The summed E-state index contributed by atoms with van der Waals surface area (Å²) in [5.74, 6) is 0.697. The van der Waals surface area contributed by atoms with E-state index in [-0.39, 0.29) is 17.8 Å². The first-order valence-electron chi connectivity index (χ1n) is 6.22. The smallest absolute Gasteiger partial charge is 0.123 e. The molecule has 0 radical (unpaired) electrons. The molecule has 1 fully saturated rings. The normalized spacial score (nSPS) is 25.4. The largest absolute Gasteiger partial charge is 0.496 e. The van der Waals surface area contributed by atoms with Gasteiger partial charge in [-0.3, -0.25) is 0 Å². The highest BCUT2D eigenvalue weighted by atomic mass is 19.1. The Hall–Kier alpha value is -1.09. The lowest BCUT2D eigenvalue weighted by atomic mass is 9.90. The average Bonchev–Trinajstić information content (AvgIpc) is 2.54. The van der Waals surface area contributed by atoms with Gasteiger partial charge < -0.3 is 9.84 Å². The fraction of sp³-hybridized carbons (Fsp3) is 0.571. The molecule has 1 aromatic rings. The number of rotatable bonds is 2. The van der Waals surface area contributed by atoms with Gasteiger partial charge in [-0.15, -0.1) is 0 Å². The first-order chi connectivity index (χ1) is 8.20. The van der Waals surface area contributed by atoms with Crippen molar-refractivity contribution < 1.29 is 14.2 Å². The number of aliphatic hydroxyl groups excluding tert-OH is 1. The first kappa shape index (κ1) is 12.4. The number of hydrogen-bond acceptors (Lipinski definition) is 2. The molecule has 1 aliphatic rings. The Bertz CT molecular complexity index is 378. The fourth-order valence-corrected chi connectivity index (χ4v) is 2.64. The van der Waals surface area contributed by atoms with E-state index in [1.54, 1.807) is 19.2 Å². The molecular weight excluding hydrogens is 219 g/mol. The van der Waals surface area contributed by atoms with Gasteiger partial charge in [-0.2, -0.15) is 0 Å². The number of methoxy groups -OCH3 is 1. The summed E-state index contributed by atoms with van der Waals surface area (Å²) < 4.78 is 18.6. The molecule has 1 aromatic carbocycles.